The summed E-state index contributed by atoms with van der Waals surface area (Å²) in [6, 6.07) is 11.6. The number of benzene rings is 2. The highest BCUT2D eigenvalue weighted by Crippen LogP contribution is 2.23. The lowest BCUT2D eigenvalue weighted by Crippen LogP contribution is -1.95. The zero-order valence-corrected chi connectivity index (χ0v) is 10.4. The van der Waals surface area contributed by atoms with Gasteiger partial charge < -0.3 is 4.84 Å². The Morgan fingerprint density at radius 2 is 1.75 bits per heavy atom. The molecule has 0 aromatic heterocycles. The summed E-state index contributed by atoms with van der Waals surface area (Å²) in [4.78, 5) is 4.93. The average Bonchev–Trinajstić information content (AvgIpc) is 2.46. The fourth-order valence-corrected chi connectivity index (χ4v) is 1.59. The molecule has 0 amide bonds. The third-order valence-corrected chi connectivity index (χ3v) is 2.59. The summed E-state index contributed by atoms with van der Waals surface area (Å²) >= 11 is 0. The Labute approximate surface area is 114 Å². The summed E-state index contributed by atoms with van der Waals surface area (Å²) in [5.74, 6) is -0.359. The third-order valence-electron chi connectivity index (χ3n) is 2.59. The molecule has 0 saturated carbocycles. The second-order valence-electron chi connectivity index (χ2n) is 3.98. The normalized spacial score (nSPS) is 11.2. The lowest BCUT2D eigenvalue weighted by Gasteiger charge is -2.06. The van der Waals surface area contributed by atoms with Gasteiger partial charge in [0.2, 0.25) is 0 Å². The molecule has 5 heteroatoms. The molecule has 0 fully saturated rings. The van der Waals surface area contributed by atoms with E-state index in [-0.39, 0.29) is 18.0 Å². The van der Waals surface area contributed by atoms with Crippen molar-refractivity contribution >= 4 is 6.21 Å². The first-order valence-electron chi connectivity index (χ1n) is 5.86. The van der Waals surface area contributed by atoms with Crippen molar-refractivity contribution in [3.05, 3.63) is 71.0 Å². The zero-order chi connectivity index (χ0) is 14.4. The SMILES string of the molecule is Fc1ccc(/[C]=N\OCc2ccccc2C(F)F)cc1. The molecule has 0 bridgehead atoms. The lowest BCUT2D eigenvalue weighted by atomic mass is 10.1. The molecule has 20 heavy (non-hydrogen) atoms. The molecule has 0 atom stereocenters. The van der Waals surface area contributed by atoms with Crippen molar-refractivity contribution in [1.82, 2.24) is 0 Å². The molecule has 0 heterocycles. The zero-order valence-electron chi connectivity index (χ0n) is 10.4. The average molecular weight is 278 g/mol. The largest absolute Gasteiger partial charge is 0.390 e. The van der Waals surface area contributed by atoms with Crippen LogP contribution < -0.4 is 0 Å². The van der Waals surface area contributed by atoms with Crippen molar-refractivity contribution < 1.29 is 18.0 Å². The van der Waals surface area contributed by atoms with E-state index in [9.17, 15) is 13.2 Å². The molecule has 0 aliphatic carbocycles. The minimum Gasteiger partial charge on any atom is -0.390 e. The van der Waals surface area contributed by atoms with Crippen molar-refractivity contribution in [2.45, 2.75) is 13.0 Å². The molecule has 2 aromatic carbocycles. The maximum atomic E-state index is 12.7. The second kappa shape index (κ2) is 6.75. The Kier molecular flexibility index (Phi) is 4.76. The van der Waals surface area contributed by atoms with Crippen molar-refractivity contribution in [1.29, 1.82) is 0 Å². The predicted octanol–water partition coefficient (Wildman–Crippen LogP) is 4.19. The lowest BCUT2D eigenvalue weighted by molar-refractivity contribution is 0.120. The minimum absolute atomic E-state index is 0.0747. The molecule has 2 rings (SSSR count). The Bertz CT molecular complexity index is 582. The van der Waals surface area contributed by atoms with Gasteiger partial charge in [-0.25, -0.2) is 13.2 Å². The molecule has 2 aromatic rings. The van der Waals surface area contributed by atoms with E-state index in [1.807, 2.05) is 0 Å². The number of hydrogen-bond donors (Lipinski definition) is 0. The summed E-state index contributed by atoms with van der Waals surface area (Å²) in [6.45, 7) is -0.0747. The molecule has 0 aliphatic rings. The standard InChI is InChI=1S/C15H11F3NO/c16-13-7-5-11(6-8-13)9-19-20-10-12-3-1-2-4-14(12)15(17)18/h1-8,15H,10H2. The van der Waals surface area contributed by atoms with Crippen LogP contribution in [0.3, 0.4) is 0 Å². The van der Waals surface area contributed by atoms with E-state index in [0.717, 1.165) is 0 Å². The molecule has 0 aliphatic heterocycles. The first kappa shape index (κ1) is 14.1. The first-order chi connectivity index (χ1) is 9.66. The maximum absolute atomic E-state index is 12.7. The van der Waals surface area contributed by atoms with Crippen LogP contribution in [-0.2, 0) is 11.4 Å². The van der Waals surface area contributed by atoms with Crippen molar-refractivity contribution in [3.8, 4) is 0 Å². The van der Waals surface area contributed by atoms with Gasteiger partial charge in [0.1, 0.15) is 18.6 Å². The quantitative estimate of drug-likeness (QED) is 0.593. The molecular formula is C15H11F3NO. The van der Waals surface area contributed by atoms with Gasteiger partial charge in [0.05, 0.1) is 0 Å². The van der Waals surface area contributed by atoms with Gasteiger partial charge in [-0.3, -0.25) is 0 Å². The minimum atomic E-state index is -2.56. The summed E-state index contributed by atoms with van der Waals surface area (Å²) in [5, 5.41) is 3.55. The summed E-state index contributed by atoms with van der Waals surface area (Å²) < 4.78 is 38.1. The molecule has 0 N–H and O–H groups in total. The van der Waals surface area contributed by atoms with Gasteiger partial charge in [0.25, 0.3) is 6.43 Å². The first-order valence-corrected chi connectivity index (χ1v) is 5.86. The summed E-state index contributed by atoms with van der Waals surface area (Å²) in [7, 11) is 0. The third kappa shape index (κ3) is 3.85. The number of alkyl halides is 2. The monoisotopic (exact) mass is 278 g/mol. The molecule has 103 valence electrons. The fraction of sp³-hybridized carbons (Fsp3) is 0.133. The molecular weight excluding hydrogens is 267 g/mol. The fourth-order valence-electron chi connectivity index (χ4n) is 1.59. The number of nitrogens with zero attached hydrogens (tertiary/aromatic N) is 1. The number of halogens is 3. The van der Waals surface area contributed by atoms with E-state index in [2.05, 4.69) is 11.4 Å². The van der Waals surface area contributed by atoms with E-state index >= 15 is 0 Å². The van der Waals surface area contributed by atoms with Crippen LogP contribution in [0.1, 0.15) is 23.1 Å². The van der Waals surface area contributed by atoms with Crippen molar-refractivity contribution in [2.75, 3.05) is 0 Å². The highest BCUT2D eigenvalue weighted by Gasteiger charge is 2.11. The van der Waals surface area contributed by atoms with Crippen molar-refractivity contribution in [2.24, 2.45) is 5.16 Å². The van der Waals surface area contributed by atoms with E-state index in [0.29, 0.717) is 11.1 Å². The van der Waals surface area contributed by atoms with Crippen LogP contribution in [0.4, 0.5) is 13.2 Å². The van der Waals surface area contributed by atoms with E-state index < -0.39 is 6.43 Å². The number of hydrogen-bond acceptors (Lipinski definition) is 2. The van der Waals surface area contributed by atoms with Gasteiger partial charge in [0.15, 0.2) is 0 Å². The van der Waals surface area contributed by atoms with Crippen LogP contribution in [0.15, 0.2) is 53.7 Å². The van der Waals surface area contributed by atoms with Gasteiger partial charge in [-0.05, 0) is 24.3 Å². The van der Waals surface area contributed by atoms with Gasteiger partial charge in [-0.2, -0.15) is 0 Å². The van der Waals surface area contributed by atoms with Crippen LogP contribution in [0, 0.1) is 5.82 Å². The topological polar surface area (TPSA) is 21.6 Å². The van der Waals surface area contributed by atoms with Gasteiger partial charge in [-0.15, -0.1) is 0 Å². The number of rotatable bonds is 5. The highest BCUT2D eigenvalue weighted by atomic mass is 19.3. The molecule has 0 spiro atoms. The van der Waals surface area contributed by atoms with Crippen LogP contribution in [0.5, 0.6) is 0 Å². The summed E-state index contributed by atoms with van der Waals surface area (Å²) in [6.07, 6.45) is -0.0163. The van der Waals surface area contributed by atoms with Crippen LogP contribution >= 0.6 is 0 Å². The van der Waals surface area contributed by atoms with Gasteiger partial charge in [-0.1, -0.05) is 29.4 Å². The smallest absolute Gasteiger partial charge is 0.264 e. The Morgan fingerprint density at radius 1 is 1.05 bits per heavy atom. The maximum Gasteiger partial charge on any atom is 0.264 e. The van der Waals surface area contributed by atoms with Crippen LogP contribution in [-0.4, -0.2) is 6.21 Å². The Morgan fingerprint density at radius 3 is 2.45 bits per heavy atom. The molecule has 2 nitrogen and oxygen atoms in total. The van der Waals surface area contributed by atoms with Crippen molar-refractivity contribution in [3.63, 3.8) is 0 Å². The second-order valence-corrected chi connectivity index (χ2v) is 3.98. The van der Waals surface area contributed by atoms with Gasteiger partial charge >= 0.3 is 0 Å². The van der Waals surface area contributed by atoms with Crippen LogP contribution in [0.25, 0.3) is 0 Å². The Hall–Kier alpha value is -2.30. The molecule has 0 unspecified atom stereocenters. The van der Waals surface area contributed by atoms with E-state index in [4.69, 9.17) is 4.84 Å². The molecule has 0 saturated heterocycles. The highest BCUT2D eigenvalue weighted by molar-refractivity contribution is 5.78. The Balaban J connectivity index is 1.94. The van der Waals surface area contributed by atoms with E-state index in [1.165, 1.54) is 30.3 Å². The predicted molar refractivity (Wildman–Crippen MR) is 69.1 cm³/mol. The molecule has 1 radical (unpaired) electrons. The van der Waals surface area contributed by atoms with E-state index in [1.54, 1.807) is 18.2 Å². The summed E-state index contributed by atoms with van der Waals surface area (Å²) in [5.41, 5.74) is 0.824. The van der Waals surface area contributed by atoms with Crippen LogP contribution in [0.2, 0.25) is 0 Å². The van der Waals surface area contributed by atoms with Gasteiger partial charge in [0, 0.05) is 16.7 Å².